The molecule has 1 aromatic heterocycles. The number of hydrogen-bond acceptors (Lipinski definition) is 2. The average Bonchev–Trinajstić information content (AvgIpc) is 2.77. The third kappa shape index (κ3) is 3.23. The minimum atomic E-state index is -0.00208. The molecule has 1 unspecified atom stereocenters. The van der Waals surface area contributed by atoms with Gasteiger partial charge in [-0.2, -0.15) is 0 Å². The van der Waals surface area contributed by atoms with E-state index in [4.69, 9.17) is 0 Å². The first-order valence-electron chi connectivity index (χ1n) is 5.24. The van der Waals surface area contributed by atoms with Crippen LogP contribution in [0.3, 0.4) is 0 Å². The lowest BCUT2D eigenvalue weighted by Crippen LogP contribution is -2.38. The normalized spacial score (nSPS) is 12.2. The zero-order chi connectivity index (χ0) is 11.3. The van der Waals surface area contributed by atoms with Crippen molar-refractivity contribution in [1.29, 1.82) is 0 Å². The van der Waals surface area contributed by atoms with Crippen LogP contribution in [0.25, 0.3) is 0 Å². The molecule has 1 N–H and O–H groups in total. The first kappa shape index (κ1) is 12.0. The first-order chi connectivity index (χ1) is 7.19. The molecular formula is C11H18N2OS. The standard InChI is InChI=1S/C11H18N2OS/c1-4-9(10-7-6-8-15-10)12-11(14)13(3)5-2/h6-9H,4-5H2,1-3H3,(H,12,14). The number of carbonyl (C=O) groups is 1. The van der Waals surface area contributed by atoms with Crippen molar-refractivity contribution >= 4 is 17.4 Å². The molecule has 0 spiro atoms. The molecule has 3 nitrogen and oxygen atoms in total. The van der Waals surface area contributed by atoms with Crippen LogP contribution in [0.15, 0.2) is 17.5 Å². The van der Waals surface area contributed by atoms with E-state index >= 15 is 0 Å². The highest BCUT2D eigenvalue weighted by atomic mass is 32.1. The van der Waals surface area contributed by atoms with Crippen molar-refractivity contribution in [2.75, 3.05) is 13.6 Å². The smallest absolute Gasteiger partial charge is 0.317 e. The molecule has 4 heteroatoms. The third-order valence-electron chi connectivity index (χ3n) is 2.41. The van der Waals surface area contributed by atoms with Gasteiger partial charge in [0.15, 0.2) is 0 Å². The topological polar surface area (TPSA) is 32.3 Å². The van der Waals surface area contributed by atoms with Gasteiger partial charge in [0.05, 0.1) is 6.04 Å². The van der Waals surface area contributed by atoms with Gasteiger partial charge in [0.1, 0.15) is 0 Å². The number of urea groups is 1. The van der Waals surface area contributed by atoms with E-state index in [9.17, 15) is 4.79 Å². The fourth-order valence-corrected chi connectivity index (χ4v) is 2.13. The molecule has 1 heterocycles. The van der Waals surface area contributed by atoms with Crippen LogP contribution in [-0.4, -0.2) is 24.5 Å². The zero-order valence-electron chi connectivity index (χ0n) is 9.49. The summed E-state index contributed by atoms with van der Waals surface area (Å²) in [6.45, 7) is 4.77. The molecule has 1 rings (SSSR count). The van der Waals surface area contributed by atoms with Crippen molar-refractivity contribution in [3.05, 3.63) is 22.4 Å². The number of hydrogen-bond donors (Lipinski definition) is 1. The minimum absolute atomic E-state index is 0.00208. The summed E-state index contributed by atoms with van der Waals surface area (Å²) in [6.07, 6.45) is 0.920. The maximum atomic E-state index is 11.7. The van der Waals surface area contributed by atoms with Crippen molar-refractivity contribution in [2.24, 2.45) is 0 Å². The SMILES string of the molecule is CCC(NC(=O)N(C)CC)c1cccs1. The lowest BCUT2D eigenvalue weighted by atomic mass is 10.2. The predicted octanol–water partition coefficient (Wildman–Crippen LogP) is 2.86. The van der Waals surface area contributed by atoms with Crippen molar-refractivity contribution < 1.29 is 4.79 Å². The molecule has 0 aliphatic rings. The van der Waals surface area contributed by atoms with E-state index in [0.29, 0.717) is 0 Å². The summed E-state index contributed by atoms with van der Waals surface area (Å²) in [5.41, 5.74) is 0. The number of thiophene rings is 1. The highest BCUT2D eigenvalue weighted by molar-refractivity contribution is 7.10. The van der Waals surface area contributed by atoms with E-state index in [0.717, 1.165) is 13.0 Å². The molecule has 0 saturated carbocycles. The Morgan fingerprint density at radius 1 is 1.60 bits per heavy atom. The fourth-order valence-electron chi connectivity index (χ4n) is 1.27. The lowest BCUT2D eigenvalue weighted by Gasteiger charge is -2.20. The molecule has 0 aromatic carbocycles. The van der Waals surface area contributed by atoms with Gasteiger partial charge in [-0.3, -0.25) is 0 Å². The van der Waals surface area contributed by atoms with E-state index in [1.165, 1.54) is 4.88 Å². The molecule has 0 radical (unpaired) electrons. The number of nitrogens with zero attached hydrogens (tertiary/aromatic N) is 1. The van der Waals surface area contributed by atoms with Crippen molar-refractivity contribution in [3.8, 4) is 0 Å². The number of carbonyl (C=O) groups excluding carboxylic acids is 1. The monoisotopic (exact) mass is 226 g/mol. The van der Waals surface area contributed by atoms with E-state index in [1.807, 2.05) is 18.4 Å². The van der Waals surface area contributed by atoms with Crippen molar-refractivity contribution in [1.82, 2.24) is 10.2 Å². The Kier molecular flexibility index (Phi) is 4.62. The number of rotatable bonds is 4. The van der Waals surface area contributed by atoms with Gasteiger partial charge in [-0.05, 0) is 24.8 Å². The summed E-state index contributed by atoms with van der Waals surface area (Å²) in [6, 6.07) is 4.22. The summed E-state index contributed by atoms with van der Waals surface area (Å²) in [7, 11) is 1.80. The van der Waals surface area contributed by atoms with Crippen LogP contribution in [-0.2, 0) is 0 Å². The summed E-state index contributed by atoms with van der Waals surface area (Å²) < 4.78 is 0. The molecule has 0 bridgehead atoms. The molecule has 15 heavy (non-hydrogen) atoms. The molecule has 1 atom stereocenters. The van der Waals surface area contributed by atoms with Crippen LogP contribution >= 0.6 is 11.3 Å². The van der Waals surface area contributed by atoms with Crippen LogP contribution in [0.4, 0.5) is 4.79 Å². The Morgan fingerprint density at radius 3 is 2.80 bits per heavy atom. The Labute approximate surface area is 95.1 Å². The maximum absolute atomic E-state index is 11.7. The predicted molar refractivity (Wildman–Crippen MR) is 64.2 cm³/mol. The number of amides is 2. The van der Waals surface area contributed by atoms with E-state index in [-0.39, 0.29) is 12.1 Å². The molecule has 0 aliphatic heterocycles. The molecule has 0 fully saturated rings. The van der Waals surface area contributed by atoms with Gasteiger partial charge >= 0.3 is 6.03 Å². The number of nitrogens with one attached hydrogen (secondary N) is 1. The summed E-state index contributed by atoms with van der Waals surface area (Å²) in [5, 5.41) is 5.05. The molecule has 84 valence electrons. The van der Waals surface area contributed by atoms with Gasteiger partial charge in [0.2, 0.25) is 0 Å². The van der Waals surface area contributed by atoms with Gasteiger partial charge in [0, 0.05) is 18.5 Å². The van der Waals surface area contributed by atoms with Gasteiger partial charge in [-0.25, -0.2) is 4.79 Å². The largest absolute Gasteiger partial charge is 0.330 e. The second-order valence-electron chi connectivity index (χ2n) is 3.44. The molecule has 0 saturated heterocycles. The Hall–Kier alpha value is -1.03. The summed E-state index contributed by atoms with van der Waals surface area (Å²) >= 11 is 1.68. The van der Waals surface area contributed by atoms with Crippen LogP contribution in [0, 0.1) is 0 Å². The highest BCUT2D eigenvalue weighted by Crippen LogP contribution is 2.21. The Morgan fingerprint density at radius 2 is 2.33 bits per heavy atom. The van der Waals surface area contributed by atoms with Gasteiger partial charge in [-0.1, -0.05) is 13.0 Å². The highest BCUT2D eigenvalue weighted by Gasteiger charge is 2.14. The summed E-state index contributed by atoms with van der Waals surface area (Å²) in [5.74, 6) is 0. The minimum Gasteiger partial charge on any atom is -0.330 e. The third-order valence-corrected chi connectivity index (χ3v) is 3.40. The van der Waals surface area contributed by atoms with Crippen LogP contribution < -0.4 is 5.32 Å². The van der Waals surface area contributed by atoms with Gasteiger partial charge < -0.3 is 10.2 Å². The second-order valence-corrected chi connectivity index (χ2v) is 4.42. The van der Waals surface area contributed by atoms with E-state index < -0.39 is 0 Å². The van der Waals surface area contributed by atoms with Crippen molar-refractivity contribution in [2.45, 2.75) is 26.3 Å². The van der Waals surface area contributed by atoms with Crippen LogP contribution in [0.1, 0.15) is 31.2 Å². The first-order valence-corrected chi connectivity index (χ1v) is 6.12. The second kappa shape index (κ2) is 5.75. The fraction of sp³-hybridized carbons (Fsp3) is 0.545. The van der Waals surface area contributed by atoms with Crippen molar-refractivity contribution in [3.63, 3.8) is 0 Å². The van der Waals surface area contributed by atoms with Crippen LogP contribution in [0.2, 0.25) is 0 Å². The quantitative estimate of drug-likeness (QED) is 0.841. The van der Waals surface area contributed by atoms with Crippen LogP contribution in [0.5, 0.6) is 0 Å². The molecule has 2 amide bonds. The lowest BCUT2D eigenvalue weighted by molar-refractivity contribution is 0.206. The Bertz CT molecular complexity index is 298. The average molecular weight is 226 g/mol. The molecule has 0 aliphatic carbocycles. The Balaban J connectivity index is 2.58. The maximum Gasteiger partial charge on any atom is 0.317 e. The molecular weight excluding hydrogens is 208 g/mol. The zero-order valence-corrected chi connectivity index (χ0v) is 10.3. The van der Waals surface area contributed by atoms with E-state index in [1.54, 1.807) is 23.3 Å². The van der Waals surface area contributed by atoms with Gasteiger partial charge in [-0.15, -0.1) is 11.3 Å². The van der Waals surface area contributed by atoms with E-state index in [2.05, 4.69) is 18.3 Å². The van der Waals surface area contributed by atoms with Gasteiger partial charge in [0.25, 0.3) is 0 Å². The molecule has 1 aromatic rings. The summed E-state index contributed by atoms with van der Waals surface area (Å²) in [4.78, 5) is 14.6.